The topological polar surface area (TPSA) is 115 Å². The van der Waals surface area contributed by atoms with Crippen LogP contribution in [0, 0.1) is 6.92 Å². The van der Waals surface area contributed by atoms with Gasteiger partial charge in [0.1, 0.15) is 12.4 Å². The number of ether oxygens (including phenoxy) is 1. The van der Waals surface area contributed by atoms with E-state index in [-0.39, 0.29) is 30.5 Å². The summed E-state index contributed by atoms with van der Waals surface area (Å²) in [6, 6.07) is 3.30. The SMILES string of the molecule is Cc1onc(C2CCCNC2)c1COc1ccc(C(=O)N2CCS(=O)(=O)CC2)cn1. The van der Waals surface area contributed by atoms with E-state index in [1.807, 2.05) is 6.92 Å². The smallest absolute Gasteiger partial charge is 0.255 e. The third-order valence-electron chi connectivity index (χ3n) is 5.68. The zero-order valence-electron chi connectivity index (χ0n) is 17.0. The Kier molecular flexibility index (Phi) is 6.05. The molecule has 2 aliphatic rings. The maximum atomic E-state index is 12.6. The molecule has 2 fully saturated rings. The maximum absolute atomic E-state index is 12.6. The molecule has 4 heterocycles. The fourth-order valence-electron chi connectivity index (χ4n) is 3.83. The number of nitrogens with one attached hydrogen (secondary N) is 1. The number of aromatic nitrogens is 2. The summed E-state index contributed by atoms with van der Waals surface area (Å²) in [4.78, 5) is 18.3. The zero-order chi connectivity index (χ0) is 21.1. The Morgan fingerprint density at radius 1 is 1.33 bits per heavy atom. The summed E-state index contributed by atoms with van der Waals surface area (Å²) in [6.07, 6.45) is 3.64. The highest BCUT2D eigenvalue weighted by Gasteiger charge is 2.26. The van der Waals surface area contributed by atoms with Gasteiger partial charge in [0.25, 0.3) is 5.91 Å². The molecule has 1 atom stereocenters. The average molecular weight is 435 g/mol. The molecule has 2 saturated heterocycles. The van der Waals surface area contributed by atoms with Crippen LogP contribution in [-0.4, -0.2) is 67.1 Å². The second-order valence-corrected chi connectivity index (χ2v) is 10.1. The average Bonchev–Trinajstić information content (AvgIpc) is 3.13. The quantitative estimate of drug-likeness (QED) is 0.749. The Labute approximate surface area is 175 Å². The van der Waals surface area contributed by atoms with E-state index >= 15 is 0 Å². The maximum Gasteiger partial charge on any atom is 0.255 e. The molecule has 1 amide bonds. The fraction of sp³-hybridized carbons (Fsp3) is 0.550. The lowest BCUT2D eigenvalue weighted by Gasteiger charge is -2.26. The number of sulfone groups is 1. The van der Waals surface area contributed by atoms with Crippen LogP contribution in [0.15, 0.2) is 22.9 Å². The van der Waals surface area contributed by atoms with Crippen molar-refractivity contribution in [1.82, 2.24) is 20.4 Å². The van der Waals surface area contributed by atoms with Crippen LogP contribution in [0.4, 0.5) is 0 Å². The van der Waals surface area contributed by atoms with Gasteiger partial charge >= 0.3 is 0 Å². The number of amides is 1. The first-order chi connectivity index (χ1) is 14.4. The molecule has 2 aromatic rings. The second-order valence-electron chi connectivity index (χ2n) is 7.76. The lowest BCUT2D eigenvalue weighted by atomic mass is 9.93. The summed E-state index contributed by atoms with van der Waals surface area (Å²) < 4.78 is 34.3. The fourth-order valence-corrected chi connectivity index (χ4v) is 5.03. The standard InChI is InChI=1S/C20H26N4O5S/c1-14-17(19(23-29-14)15-3-2-6-21-11-15)13-28-18-5-4-16(12-22-18)20(25)24-7-9-30(26,27)10-8-24/h4-5,12,15,21H,2-3,6-11,13H2,1H3. The minimum Gasteiger partial charge on any atom is -0.473 e. The number of aryl methyl sites for hydroxylation is 1. The van der Waals surface area contributed by atoms with Gasteiger partial charge in [0.15, 0.2) is 9.84 Å². The van der Waals surface area contributed by atoms with Crippen LogP contribution in [0.25, 0.3) is 0 Å². The van der Waals surface area contributed by atoms with E-state index in [0.717, 1.165) is 42.9 Å². The van der Waals surface area contributed by atoms with Crippen molar-refractivity contribution in [2.24, 2.45) is 0 Å². The van der Waals surface area contributed by atoms with Crippen LogP contribution >= 0.6 is 0 Å². The van der Waals surface area contributed by atoms with Crippen molar-refractivity contribution in [1.29, 1.82) is 0 Å². The molecule has 4 rings (SSSR count). The molecule has 1 unspecified atom stereocenters. The molecule has 10 heteroatoms. The summed E-state index contributed by atoms with van der Waals surface area (Å²) in [5.41, 5.74) is 2.29. The van der Waals surface area contributed by atoms with Crippen molar-refractivity contribution < 1.29 is 22.5 Å². The number of carbonyl (C=O) groups excluding carboxylic acids is 1. The summed E-state index contributed by atoms with van der Waals surface area (Å²) in [6.45, 7) is 4.51. The minimum absolute atomic E-state index is 0.00426. The largest absolute Gasteiger partial charge is 0.473 e. The van der Waals surface area contributed by atoms with Gasteiger partial charge in [-0.1, -0.05) is 5.16 Å². The lowest BCUT2D eigenvalue weighted by Crippen LogP contribution is -2.43. The molecular formula is C20H26N4O5S. The summed E-state index contributed by atoms with van der Waals surface area (Å²) >= 11 is 0. The Morgan fingerprint density at radius 3 is 2.80 bits per heavy atom. The summed E-state index contributed by atoms with van der Waals surface area (Å²) in [5, 5.41) is 7.63. The number of piperidine rings is 1. The predicted molar refractivity (Wildman–Crippen MR) is 109 cm³/mol. The highest BCUT2D eigenvalue weighted by Crippen LogP contribution is 2.28. The van der Waals surface area contributed by atoms with E-state index in [2.05, 4.69) is 15.5 Å². The van der Waals surface area contributed by atoms with Gasteiger partial charge in [-0.15, -0.1) is 0 Å². The van der Waals surface area contributed by atoms with Crippen molar-refractivity contribution in [3.05, 3.63) is 40.9 Å². The van der Waals surface area contributed by atoms with E-state index in [0.29, 0.717) is 24.0 Å². The van der Waals surface area contributed by atoms with Crippen LogP contribution < -0.4 is 10.1 Å². The number of hydrogen-bond donors (Lipinski definition) is 1. The zero-order valence-corrected chi connectivity index (χ0v) is 17.8. The molecule has 0 spiro atoms. The van der Waals surface area contributed by atoms with E-state index < -0.39 is 9.84 Å². The first-order valence-corrected chi connectivity index (χ1v) is 12.0. The third-order valence-corrected chi connectivity index (χ3v) is 7.29. The monoisotopic (exact) mass is 434 g/mol. The second kappa shape index (κ2) is 8.73. The van der Waals surface area contributed by atoms with Gasteiger partial charge < -0.3 is 19.5 Å². The van der Waals surface area contributed by atoms with E-state index in [4.69, 9.17) is 9.26 Å². The van der Waals surface area contributed by atoms with Crippen LogP contribution in [0.3, 0.4) is 0 Å². The Balaban J connectivity index is 1.38. The molecule has 0 aromatic carbocycles. The molecule has 9 nitrogen and oxygen atoms in total. The molecular weight excluding hydrogens is 408 g/mol. The van der Waals surface area contributed by atoms with E-state index in [9.17, 15) is 13.2 Å². The van der Waals surface area contributed by atoms with Crippen molar-refractivity contribution in [3.63, 3.8) is 0 Å². The van der Waals surface area contributed by atoms with Crippen molar-refractivity contribution in [3.8, 4) is 5.88 Å². The summed E-state index contributed by atoms with van der Waals surface area (Å²) in [7, 11) is -3.03. The molecule has 162 valence electrons. The Bertz CT molecular complexity index is 983. The van der Waals surface area contributed by atoms with Crippen LogP contribution in [0.1, 0.15) is 46.1 Å². The molecule has 0 bridgehead atoms. The van der Waals surface area contributed by atoms with E-state index in [1.165, 1.54) is 6.20 Å². The van der Waals surface area contributed by atoms with Gasteiger partial charge in [0.05, 0.1) is 28.3 Å². The molecule has 2 aromatic heterocycles. The highest BCUT2D eigenvalue weighted by molar-refractivity contribution is 7.91. The number of carbonyl (C=O) groups is 1. The lowest BCUT2D eigenvalue weighted by molar-refractivity contribution is 0.0769. The molecule has 0 aliphatic carbocycles. The highest BCUT2D eigenvalue weighted by atomic mass is 32.2. The first-order valence-electron chi connectivity index (χ1n) is 10.2. The van der Waals surface area contributed by atoms with Crippen molar-refractivity contribution >= 4 is 15.7 Å². The minimum atomic E-state index is -3.03. The molecule has 1 N–H and O–H groups in total. The van der Waals surface area contributed by atoms with Gasteiger partial charge in [-0.05, 0) is 32.4 Å². The van der Waals surface area contributed by atoms with Gasteiger partial charge in [0, 0.05) is 37.8 Å². The number of pyridine rings is 1. The van der Waals surface area contributed by atoms with Crippen molar-refractivity contribution in [2.45, 2.75) is 32.3 Å². The molecule has 2 aliphatic heterocycles. The molecule has 30 heavy (non-hydrogen) atoms. The number of rotatable bonds is 5. The van der Waals surface area contributed by atoms with Gasteiger partial charge in [-0.25, -0.2) is 13.4 Å². The van der Waals surface area contributed by atoms with Crippen molar-refractivity contribution in [2.75, 3.05) is 37.7 Å². The number of nitrogens with zero attached hydrogens (tertiary/aromatic N) is 3. The van der Waals surface area contributed by atoms with E-state index in [1.54, 1.807) is 17.0 Å². The third kappa shape index (κ3) is 4.65. The molecule has 0 radical (unpaired) electrons. The summed E-state index contributed by atoms with van der Waals surface area (Å²) in [5.74, 6) is 1.25. The van der Waals surface area contributed by atoms with Crippen LogP contribution in [0.2, 0.25) is 0 Å². The Hall–Kier alpha value is -2.46. The number of hydrogen-bond acceptors (Lipinski definition) is 8. The van der Waals surface area contributed by atoms with Crippen LogP contribution in [-0.2, 0) is 16.4 Å². The van der Waals surface area contributed by atoms with Crippen LogP contribution in [0.5, 0.6) is 5.88 Å². The normalized spacial score (nSPS) is 21.4. The Morgan fingerprint density at radius 2 is 2.13 bits per heavy atom. The van der Waals surface area contributed by atoms with Gasteiger partial charge in [-0.2, -0.15) is 0 Å². The molecule has 0 saturated carbocycles. The van der Waals surface area contributed by atoms with Gasteiger partial charge in [-0.3, -0.25) is 4.79 Å². The van der Waals surface area contributed by atoms with Gasteiger partial charge in [0.2, 0.25) is 5.88 Å². The first kappa shape index (κ1) is 20.8. The predicted octanol–water partition coefficient (Wildman–Crippen LogP) is 1.29.